The van der Waals surface area contributed by atoms with E-state index in [1.54, 1.807) is 0 Å². The minimum absolute atomic E-state index is 0.0654. The molecule has 0 radical (unpaired) electrons. The number of halogens is 3. The van der Waals surface area contributed by atoms with E-state index in [9.17, 15) is 13.2 Å². The average molecular weight is 293 g/mol. The van der Waals surface area contributed by atoms with E-state index < -0.39 is 12.7 Å². The average Bonchev–Trinajstić information content (AvgIpc) is 2.72. The van der Waals surface area contributed by atoms with Crippen LogP contribution in [0.15, 0.2) is 0 Å². The van der Waals surface area contributed by atoms with Gasteiger partial charge in [-0.2, -0.15) is 13.2 Å². The Balaban J connectivity index is 2.22. The minimum atomic E-state index is -4.20. The van der Waals surface area contributed by atoms with Gasteiger partial charge in [-0.15, -0.1) is 0 Å². The van der Waals surface area contributed by atoms with Crippen molar-refractivity contribution in [3.8, 4) is 0 Å². The third kappa shape index (κ3) is 3.60. The first-order valence-electron chi connectivity index (χ1n) is 6.47. The quantitative estimate of drug-likeness (QED) is 0.926. The number of nitrogens with two attached hydrogens (primary N) is 1. The maximum Gasteiger partial charge on any atom is 0.406 e. The molecule has 0 aliphatic heterocycles. The van der Waals surface area contributed by atoms with Crippen molar-refractivity contribution in [2.75, 3.05) is 18.0 Å². The van der Waals surface area contributed by atoms with E-state index >= 15 is 0 Å². The summed E-state index contributed by atoms with van der Waals surface area (Å²) in [5.74, 6) is 0. The molecule has 3 nitrogen and oxygen atoms in total. The highest BCUT2D eigenvalue weighted by atomic mass is 32.1. The summed E-state index contributed by atoms with van der Waals surface area (Å²) in [7, 11) is 0. The zero-order valence-corrected chi connectivity index (χ0v) is 11.7. The molecular weight excluding hydrogens is 275 g/mol. The van der Waals surface area contributed by atoms with Gasteiger partial charge in [0.05, 0.1) is 5.69 Å². The van der Waals surface area contributed by atoms with Crippen LogP contribution in [-0.4, -0.2) is 24.2 Å². The lowest BCUT2D eigenvalue weighted by Gasteiger charge is -2.22. The summed E-state index contributed by atoms with van der Waals surface area (Å²) in [6.07, 6.45) is -0.868. The third-order valence-electron chi connectivity index (χ3n) is 3.12. The highest BCUT2D eigenvalue weighted by Gasteiger charge is 2.32. The normalized spacial score (nSPS) is 19.3. The summed E-state index contributed by atoms with van der Waals surface area (Å²) in [4.78, 5) is 6.65. The first-order chi connectivity index (χ1) is 8.90. The molecule has 2 N–H and O–H groups in total. The Hall–Kier alpha value is -0.820. The summed E-state index contributed by atoms with van der Waals surface area (Å²) in [5, 5.41) is 0.460. The van der Waals surface area contributed by atoms with Gasteiger partial charge in [-0.1, -0.05) is 18.3 Å². The number of alkyl halides is 3. The van der Waals surface area contributed by atoms with Gasteiger partial charge in [-0.25, -0.2) is 4.98 Å². The molecule has 19 heavy (non-hydrogen) atoms. The number of anilines is 1. The molecule has 0 saturated carbocycles. The number of aryl methyl sites for hydroxylation is 1. The minimum Gasteiger partial charge on any atom is -0.339 e. The molecule has 1 atom stereocenters. The van der Waals surface area contributed by atoms with Crippen molar-refractivity contribution in [1.29, 1.82) is 0 Å². The molecule has 1 aromatic rings. The molecule has 1 unspecified atom stereocenters. The van der Waals surface area contributed by atoms with E-state index in [4.69, 9.17) is 5.73 Å². The molecule has 0 aromatic carbocycles. The number of nitrogens with zero attached hydrogens (tertiary/aromatic N) is 2. The van der Waals surface area contributed by atoms with Crippen molar-refractivity contribution in [1.82, 2.24) is 4.98 Å². The molecule has 108 valence electrons. The van der Waals surface area contributed by atoms with Crippen LogP contribution in [0.1, 0.15) is 42.8 Å². The third-order valence-corrected chi connectivity index (χ3v) is 4.41. The predicted molar refractivity (Wildman–Crippen MR) is 70.5 cm³/mol. The SMILES string of the molecule is CCCN(CC(F)(F)F)c1nc2c(s1)C(N)CCC2. The fourth-order valence-electron chi connectivity index (χ4n) is 2.30. The van der Waals surface area contributed by atoms with Crippen LogP contribution < -0.4 is 10.6 Å². The van der Waals surface area contributed by atoms with Gasteiger partial charge in [0.1, 0.15) is 6.54 Å². The van der Waals surface area contributed by atoms with Crippen LogP contribution in [0.4, 0.5) is 18.3 Å². The van der Waals surface area contributed by atoms with Crippen LogP contribution in [0, 0.1) is 0 Å². The monoisotopic (exact) mass is 293 g/mol. The lowest BCUT2D eigenvalue weighted by molar-refractivity contribution is -0.119. The highest BCUT2D eigenvalue weighted by molar-refractivity contribution is 7.15. The van der Waals surface area contributed by atoms with Crippen molar-refractivity contribution in [2.45, 2.75) is 44.8 Å². The van der Waals surface area contributed by atoms with Gasteiger partial charge in [0.15, 0.2) is 5.13 Å². The van der Waals surface area contributed by atoms with Crippen molar-refractivity contribution in [2.24, 2.45) is 5.73 Å². The topological polar surface area (TPSA) is 42.2 Å². The molecular formula is C12H18F3N3S. The first-order valence-corrected chi connectivity index (χ1v) is 7.29. The summed E-state index contributed by atoms with van der Waals surface area (Å²) in [5.41, 5.74) is 6.88. The van der Waals surface area contributed by atoms with Crippen LogP contribution in [0.5, 0.6) is 0 Å². The van der Waals surface area contributed by atoms with Gasteiger partial charge in [0.25, 0.3) is 0 Å². The Bertz CT molecular complexity index is 430. The van der Waals surface area contributed by atoms with E-state index in [0.717, 1.165) is 29.8 Å². The molecule has 1 aromatic heterocycles. The largest absolute Gasteiger partial charge is 0.406 e. The van der Waals surface area contributed by atoms with E-state index in [-0.39, 0.29) is 6.04 Å². The van der Waals surface area contributed by atoms with E-state index in [0.29, 0.717) is 18.1 Å². The zero-order valence-electron chi connectivity index (χ0n) is 10.8. The molecule has 0 saturated heterocycles. The maximum atomic E-state index is 12.6. The number of fused-ring (bicyclic) bond motifs is 1. The highest BCUT2D eigenvalue weighted by Crippen LogP contribution is 2.37. The van der Waals surface area contributed by atoms with Crippen LogP contribution in [-0.2, 0) is 6.42 Å². The van der Waals surface area contributed by atoms with Gasteiger partial charge in [0.2, 0.25) is 0 Å². The van der Waals surface area contributed by atoms with Crippen LogP contribution in [0.25, 0.3) is 0 Å². The number of rotatable bonds is 4. The fraction of sp³-hybridized carbons (Fsp3) is 0.750. The number of hydrogen-bond acceptors (Lipinski definition) is 4. The summed E-state index contributed by atoms with van der Waals surface area (Å²) >= 11 is 1.32. The van der Waals surface area contributed by atoms with Gasteiger partial charge >= 0.3 is 6.18 Å². The Labute approximate surface area is 114 Å². The van der Waals surface area contributed by atoms with Crippen molar-refractivity contribution >= 4 is 16.5 Å². The zero-order chi connectivity index (χ0) is 14.0. The van der Waals surface area contributed by atoms with E-state index in [2.05, 4.69) is 4.98 Å². The fourth-order valence-corrected chi connectivity index (χ4v) is 3.48. The molecule has 2 rings (SSSR count). The van der Waals surface area contributed by atoms with Crippen molar-refractivity contribution in [3.05, 3.63) is 10.6 Å². The summed E-state index contributed by atoms with van der Waals surface area (Å²) in [6, 6.07) is -0.0654. The second-order valence-electron chi connectivity index (χ2n) is 4.84. The Morgan fingerprint density at radius 1 is 1.47 bits per heavy atom. The number of thiazole rings is 1. The molecule has 0 amide bonds. The van der Waals surface area contributed by atoms with Crippen LogP contribution in [0.2, 0.25) is 0 Å². The second kappa shape index (κ2) is 5.66. The predicted octanol–water partition coefficient (Wildman–Crippen LogP) is 3.26. The molecule has 1 heterocycles. The lowest BCUT2D eigenvalue weighted by atomic mass is 9.99. The first kappa shape index (κ1) is 14.6. The number of hydrogen-bond donors (Lipinski definition) is 1. The molecule has 7 heteroatoms. The molecule has 0 spiro atoms. The molecule has 1 aliphatic carbocycles. The van der Waals surface area contributed by atoms with Gasteiger partial charge in [0, 0.05) is 17.5 Å². The lowest BCUT2D eigenvalue weighted by Crippen LogP contribution is -2.34. The van der Waals surface area contributed by atoms with Gasteiger partial charge in [-0.3, -0.25) is 0 Å². The Kier molecular flexibility index (Phi) is 4.35. The van der Waals surface area contributed by atoms with E-state index in [1.807, 2.05) is 6.92 Å². The Morgan fingerprint density at radius 2 is 2.21 bits per heavy atom. The van der Waals surface area contributed by atoms with Crippen LogP contribution in [0.3, 0.4) is 0 Å². The standard InChI is InChI=1S/C12H18F3N3S/c1-2-6-18(7-12(13,14)15)11-17-9-5-3-4-8(16)10(9)19-11/h8H,2-7,16H2,1H3. The molecule has 0 fully saturated rings. The Morgan fingerprint density at radius 3 is 2.79 bits per heavy atom. The maximum absolute atomic E-state index is 12.6. The molecule has 0 bridgehead atoms. The van der Waals surface area contributed by atoms with Crippen molar-refractivity contribution < 1.29 is 13.2 Å². The molecule has 1 aliphatic rings. The smallest absolute Gasteiger partial charge is 0.339 e. The van der Waals surface area contributed by atoms with E-state index in [1.165, 1.54) is 16.2 Å². The van der Waals surface area contributed by atoms with Crippen molar-refractivity contribution in [3.63, 3.8) is 0 Å². The number of aromatic nitrogens is 1. The summed E-state index contributed by atoms with van der Waals surface area (Å²) in [6.45, 7) is 1.28. The second-order valence-corrected chi connectivity index (χ2v) is 5.85. The van der Waals surface area contributed by atoms with Gasteiger partial charge < -0.3 is 10.6 Å². The summed E-state index contributed by atoms with van der Waals surface area (Å²) < 4.78 is 37.8. The van der Waals surface area contributed by atoms with Gasteiger partial charge in [-0.05, 0) is 25.7 Å². The van der Waals surface area contributed by atoms with Crippen LogP contribution >= 0.6 is 11.3 Å².